The van der Waals surface area contributed by atoms with Crippen molar-refractivity contribution in [3.63, 3.8) is 0 Å². The first-order valence-corrected chi connectivity index (χ1v) is 6.65. The molecule has 1 rings (SSSR count). The molecule has 0 saturated heterocycles. The molecule has 110 valence electrons. The Balaban J connectivity index is 3.07. The monoisotopic (exact) mass is 320 g/mol. The first-order chi connectivity index (χ1) is 9.35. The number of pyridine rings is 1. The zero-order valence-corrected chi connectivity index (χ0v) is 12.9. The van der Waals surface area contributed by atoms with Gasteiger partial charge >= 0.3 is 5.97 Å². The van der Waals surface area contributed by atoms with Crippen molar-refractivity contribution in [3.05, 3.63) is 39.5 Å². The highest BCUT2D eigenvalue weighted by Gasteiger charge is 2.16. The second-order valence-electron chi connectivity index (χ2n) is 4.23. The van der Waals surface area contributed by atoms with Gasteiger partial charge in [-0.25, -0.2) is 14.2 Å². The average Bonchev–Trinajstić information content (AvgIpc) is 2.34. The fourth-order valence-corrected chi connectivity index (χ4v) is 1.91. The van der Waals surface area contributed by atoms with Crippen LogP contribution in [-0.4, -0.2) is 36.6 Å². The highest BCUT2D eigenvalue weighted by Crippen LogP contribution is 2.23. The van der Waals surface area contributed by atoms with Gasteiger partial charge in [0.2, 0.25) is 0 Å². The highest BCUT2D eigenvalue weighted by molar-refractivity contribution is 6.33. The molecule has 0 radical (unpaired) electrons. The van der Waals surface area contributed by atoms with E-state index in [1.54, 1.807) is 32.1 Å². The van der Waals surface area contributed by atoms with Crippen molar-refractivity contribution in [1.82, 2.24) is 9.88 Å². The fraction of sp³-hybridized carbons (Fsp3) is 0.385. The molecule has 0 bridgehead atoms. The molecule has 0 N–H and O–H groups in total. The Morgan fingerprint density at radius 2 is 2.10 bits per heavy atom. The van der Waals surface area contributed by atoms with E-state index in [9.17, 15) is 9.18 Å². The molecular formula is C13H15Cl2FN2O2. The molecule has 1 heterocycles. The summed E-state index contributed by atoms with van der Waals surface area (Å²) in [6.07, 6.45) is 1.71. The van der Waals surface area contributed by atoms with E-state index in [0.29, 0.717) is 11.1 Å². The van der Waals surface area contributed by atoms with E-state index in [-0.39, 0.29) is 23.3 Å². The van der Waals surface area contributed by atoms with Crippen LogP contribution in [0.2, 0.25) is 10.3 Å². The van der Waals surface area contributed by atoms with Crippen molar-refractivity contribution >= 4 is 29.2 Å². The van der Waals surface area contributed by atoms with Gasteiger partial charge in [-0.3, -0.25) is 0 Å². The molecule has 20 heavy (non-hydrogen) atoms. The molecule has 0 aliphatic rings. The third kappa shape index (κ3) is 4.65. The number of esters is 1. The summed E-state index contributed by atoms with van der Waals surface area (Å²) in [5, 5.41) is -0.238. The molecule has 0 atom stereocenters. The Kier molecular flexibility index (Phi) is 6.23. The number of hydrogen-bond donors (Lipinski definition) is 0. The Morgan fingerprint density at radius 3 is 2.65 bits per heavy atom. The lowest BCUT2D eigenvalue weighted by molar-refractivity contribution is -0.138. The van der Waals surface area contributed by atoms with E-state index in [2.05, 4.69) is 4.98 Å². The lowest BCUT2D eigenvalue weighted by atomic mass is 10.1. The molecule has 1 aromatic heterocycles. The third-order valence-corrected chi connectivity index (χ3v) is 2.88. The molecule has 0 spiro atoms. The topological polar surface area (TPSA) is 42.4 Å². The molecule has 0 aliphatic heterocycles. The van der Waals surface area contributed by atoms with Crippen LogP contribution in [0.5, 0.6) is 0 Å². The number of aromatic nitrogens is 1. The van der Waals surface area contributed by atoms with Crippen molar-refractivity contribution < 1.29 is 13.9 Å². The summed E-state index contributed by atoms with van der Waals surface area (Å²) in [5.41, 5.74) is 0.719. The van der Waals surface area contributed by atoms with Gasteiger partial charge in [-0.05, 0) is 18.6 Å². The van der Waals surface area contributed by atoms with Crippen LogP contribution in [0.3, 0.4) is 0 Å². The average molecular weight is 321 g/mol. The summed E-state index contributed by atoms with van der Waals surface area (Å²) in [6.45, 7) is 1.96. The maximum Gasteiger partial charge on any atom is 0.335 e. The van der Waals surface area contributed by atoms with Crippen LogP contribution in [0.1, 0.15) is 12.5 Å². The maximum absolute atomic E-state index is 13.4. The van der Waals surface area contributed by atoms with Crippen LogP contribution in [0.15, 0.2) is 17.8 Å². The molecule has 0 aromatic carbocycles. The van der Waals surface area contributed by atoms with Gasteiger partial charge in [-0.1, -0.05) is 23.2 Å². The quantitative estimate of drug-likeness (QED) is 0.475. The van der Waals surface area contributed by atoms with Crippen LogP contribution in [0.25, 0.3) is 0 Å². The minimum atomic E-state index is -0.681. The zero-order valence-electron chi connectivity index (χ0n) is 11.4. The van der Waals surface area contributed by atoms with Gasteiger partial charge in [0.1, 0.15) is 5.15 Å². The first kappa shape index (κ1) is 16.7. The number of carbonyl (C=O) groups is 1. The fourth-order valence-electron chi connectivity index (χ4n) is 1.52. The molecule has 0 unspecified atom stereocenters. The molecule has 7 heteroatoms. The lowest BCUT2D eigenvalue weighted by Crippen LogP contribution is -2.14. The second kappa shape index (κ2) is 7.45. The minimum absolute atomic E-state index is 0.0605. The predicted octanol–water partition coefficient (Wildman–Crippen LogP) is 3.08. The van der Waals surface area contributed by atoms with Gasteiger partial charge in [0, 0.05) is 26.7 Å². The van der Waals surface area contributed by atoms with Crippen LogP contribution >= 0.6 is 23.2 Å². The number of nitrogens with zero attached hydrogens (tertiary/aromatic N) is 2. The normalized spacial score (nSPS) is 11.4. The molecule has 4 nitrogen and oxygen atoms in total. The molecule has 0 aliphatic carbocycles. The van der Waals surface area contributed by atoms with Crippen molar-refractivity contribution in [2.45, 2.75) is 13.3 Å². The molecule has 0 fully saturated rings. The number of carbonyl (C=O) groups excluding carboxylic acids is 1. The predicted molar refractivity (Wildman–Crippen MR) is 76.3 cm³/mol. The first-order valence-electron chi connectivity index (χ1n) is 5.89. The van der Waals surface area contributed by atoms with Crippen LogP contribution in [0.4, 0.5) is 4.39 Å². The largest absolute Gasteiger partial charge is 0.463 e. The van der Waals surface area contributed by atoms with Crippen LogP contribution in [0, 0.1) is 5.82 Å². The molecule has 1 aromatic rings. The highest BCUT2D eigenvalue weighted by atomic mass is 35.5. The van der Waals surface area contributed by atoms with E-state index < -0.39 is 11.8 Å². The summed E-state index contributed by atoms with van der Waals surface area (Å²) < 4.78 is 18.4. The number of hydrogen-bond acceptors (Lipinski definition) is 4. The molecule has 0 amide bonds. The lowest BCUT2D eigenvalue weighted by Gasteiger charge is -2.12. The summed E-state index contributed by atoms with van der Waals surface area (Å²) in [5.74, 6) is -1.16. The van der Waals surface area contributed by atoms with Gasteiger partial charge in [-0.2, -0.15) is 0 Å². The zero-order chi connectivity index (χ0) is 15.3. The molecule has 0 saturated carbocycles. The van der Waals surface area contributed by atoms with Crippen molar-refractivity contribution in [2.24, 2.45) is 0 Å². The van der Waals surface area contributed by atoms with E-state index in [0.717, 1.165) is 0 Å². The van der Waals surface area contributed by atoms with Crippen LogP contribution in [-0.2, 0) is 16.0 Å². The summed E-state index contributed by atoms with van der Waals surface area (Å²) in [7, 11) is 3.53. The van der Waals surface area contributed by atoms with E-state index in [1.165, 1.54) is 6.07 Å². The maximum atomic E-state index is 13.4. The standard InChI is InChI=1S/C13H15Cl2FN2O2/c1-4-20-13(19)9(7-18(2)3)5-8-6-10(16)12(15)17-11(8)14/h6-7H,4-5H2,1-3H3/b9-7+. The third-order valence-electron chi connectivity index (χ3n) is 2.29. The number of rotatable bonds is 5. The summed E-state index contributed by atoms with van der Waals surface area (Å²) in [4.78, 5) is 17.2. The summed E-state index contributed by atoms with van der Waals surface area (Å²) >= 11 is 11.4. The van der Waals surface area contributed by atoms with Gasteiger partial charge in [0.25, 0.3) is 0 Å². The van der Waals surface area contributed by atoms with E-state index in [4.69, 9.17) is 27.9 Å². The number of halogens is 3. The smallest absolute Gasteiger partial charge is 0.335 e. The van der Waals surface area contributed by atoms with E-state index >= 15 is 0 Å². The second-order valence-corrected chi connectivity index (χ2v) is 4.94. The summed E-state index contributed by atoms with van der Waals surface area (Å²) in [6, 6.07) is 1.17. The SMILES string of the molecule is CCOC(=O)/C(=C/N(C)C)Cc1cc(F)c(Cl)nc1Cl. The van der Waals surface area contributed by atoms with Crippen molar-refractivity contribution in [1.29, 1.82) is 0 Å². The molecular weight excluding hydrogens is 306 g/mol. The van der Waals surface area contributed by atoms with Gasteiger partial charge in [0.15, 0.2) is 11.0 Å². The van der Waals surface area contributed by atoms with E-state index in [1.807, 2.05) is 0 Å². The van der Waals surface area contributed by atoms with Gasteiger partial charge in [-0.15, -0.1) is 0 Å². The Morgan fingerprint density at radius 1 is 1.45 bits per heavy atom. The Hall–Kier alpha value is -1.33. The van der Waals surface area contributed by atoms with Crippen molar-refractivity contribution in [3.8, 4) is 0 Å². The Labute approximate surface area is 127 Å². The van der Waals surface area contributed by atoms with Crippen LogP contribution < -0.4 is 0 Å². The Bertz CT molecular complexity index is 533. The van der Waals surface area contributed by atoms with Gasteiger partial charge < -0.3 is 9.64 Å². The van der Waals surface area contributed by atoms with Crippen molar-refractivity contribution in [2.75, 3.05) is 20.7 Å². The number of ether oxygens (including phenoxy) is 1. The van der Waals surface area contributed by atoms with Gasteiger partial charge in [0.05, 0.1) is 12.2 Å². The minimum Gasteiger partial charge on any atom is -0.463 e.